The molecular weight excluding hydrogens is 419 g/mol. The number of halogens is 1. The van der Waals surface area contributed by atoms with Crippen LogP contribution < -0.4 is 0 Å². The molecule has 31 heavy (non-hydrogen) atoms. The van der Waals surface area contributed by atoms with Crippen molar-refractivity contribution >= 4 is 15.9 Å². The molecule has 0 bridgehead atoms. The molecule has 2 aromatic rings. The van der Waals surface area contributed by atoms with Crippen LogP contribution in [0.25, 0.3) is 0 Å². The summed E-state index contributed by atoms with van der Waals surface area (Å²) in [5.74, 6) is -0.271. The first-order valence-electron chi connectivity index (χ1n) is 10.7. The number of benzene rings is 1. The summed E-state index contributed by atoms with van der Waals surface area (Å²) in [5, 5.41) is 4.60. The Hall–Kier alpha value is -2.26. The van der Waals surface area contributed by atoms with Gasteiger partial charge in [0.1, 0.15) is 10.7 Å². The minimum Gasteiger partial charge on any atom is -0.340 e. The summed E-state index contributed by atoms with van der Waals surface area (Å²) in [7, 11) is -3.91. The summed E-state index contributed by atoms with van der Waals surface area (Å²) < 4.78 is 42.7. The van der Waals surface area contributed by atoms with E-state index in [2.05, 4.69) is 18.9 Å². The largest absolute Gasteiger partial charge is 0.340 e. The molecular formula is C22H31FN4O3S. The van der Waals surface area contributed by atoms with E-state index in [9.17, 15) is 17.6 Å². The van der Waals surface area contributed by atoms with E-state index in [4.69, 9.17) is 0 Å². The van der Waals surface area contributed by atoms with Crippen molar-refractivity contribution in [1.29, 1.82) is 0 Å². The number of carbonyl (C=O) groups is 1. The highest BCUT2D eigenvalue weighted by molar-refractivity contribution is 7.89. The molecule has 0 unspecified atom stereocenters. The molecule has 1 fully saturated rings. The third-order valence-electron chi connectivity index (χ3n) is 5.70. The van der Waals surface area contributed by atoms with E-state index in [1.165, 1.54) is 22.5 Å². The van der Waals surface area contributed by atoms with Crippen LogP contribution in [-0.4, -0.2) is 59.5 Å². The fourth-order valence-electron chi connectivity index (χ4n) is 3.98. The van der Waals surface area contributed by atoms with Crippen molar-refractivity contribution in [3.05, 3.63) is 47.0 Å². The number of sulfonamides is 1. The first-order chi connectivity index (χ1) is 14.6. The predicted molar refractivity (Wildman–Crippen MR) is 117 cm³/mol. The lowest BCUT2D eigenvalue weighted by Crippen LogP contribution is -2.50. The SMILES string of the molecule is Cc1nn(CC(C)C)c(C)c1CCC(=O)N1CCN(S(=O)(=O)c2ccccc2F)CC1. The molecule has 3 rings (SSSR count). The van der Waals surface area contributed by atoms with E-state index in [-0.39, 0.29) is 23.9 Å². The van der Waals surface area contributed by atoms with Gasteiger partial charge in [-0.05, 0) is 43.9 Å². The van der Waals surface area contributed by atoms with Gasteiger partial charge in [0, 0.05) is 44.8 Å². The Morgan fingerprint density at radius 1 is 1.13 bits per heavy atom. The minimum atomic E-state index is -3.91. The van der Waals surface area contributed by atoms with Crippen molar-refractivity contribution in [2.75, 3.05) is 26.2 Å². The van der Waals surface area contributed by atoms with E-state index in [1.807, 2.05) is 18.5 Å². The molecule has 0 saturated carbocycles. The quantitative estimate of drug-likeness (QED) is 0.650. The zero-order valence-electron chi connectivity index (χ0n) is 18.6. The van der Waals surface area contributed by atoms with Crippen molar-refractivity contribution in [2.24, 2.45) is 5.92 Å². The van der Waals surface area contributed by atoms with E-state index in [1.54, 1.807) is 4.90 Å². The molecule has 0 spiro atoms. The van der Waals surface area contributed by atoms with Gasteiger partial charge in [0.15, 0.2) is 0 Å². The molecule has 2 heterocycles. The molecule has 0 atom stereocenters. The monoisotopic (exact) mass is 450 g/mol. The Morgan fingerprint density at radius 2 is 1.77 bits per heavy atom. The molecule has 0 radical (unpaired) electrons. The fourth-order valence-corrected chi connectivity index (χ4v) is 5.47. The Bertz CT molecular complexity index is 1040. The number of hydrogen-bond acceptors (Lipinski definition) is 4. The maximum absolute atomic E-state index is 14.0. The Balaban J connectivity index is 1.58. The van der Waals surface area contributed by atoms with Gasteiger partial charge in [-0.15, -0.1) is 0 Å². The number of rotatable bonds is 7. The van der Waals surface area contributed by atoms with Gasteiger partial charge in [-0.3, -0.25) is 9.48 Å². The number of hydrogen-bond donors (Lipinski definition) is 0. The van der Waals surface area contributed by atoms with Crippen molar-refractivity contribution in [1.82, 2.24) is 19.0 Å². The first-order valence-corrected chi connectivity index (χ1v) is 12.1. The van der Waals surface area contributed by atoms with Gasteiger partial charge in [-0.1, -0.05) is 26.0 Å². The van der Waals surface area contributed by atoms with Gasteiger partial charge in [-0.2, -0.15) is 9.40 Å². The molecule has 0 N–H and O–H groups in total. The van der Waals surface area contributed by atoms with Crippen molar-refractivity contribution in [3.8, 4) is 0 Å². The van der Waals surface area contributed by atoms with Crippen molar-refractivity contribution in [2.45, 2.75) is 52.0 Å². The van der Waals surface area contributed by atoms with Gasteiger partial charge < -0.3 is 4.90 Å². The van der Waals surface area contributed by atoms with Gasteiger partial charge in [-0.25, -0.2) is 12.8 Å². The number of aryl methyl sites for hydroxylation is 1. The summed E-state index contributed by atoms with van der Waals surface area (Å²) >= 11 is 0. The highest BCUT2D eigenvalue weighted by Crippen LogP contribution is 2.21. The van der Waals surface area contributed by atoms with E-state index < -0.39 is 15.8 Å². The molecule has 1 aliphatic heterocycles. The molecule has 9 heteroatoms. The summed E-state index contributed by atoms with van der Waals surface area (Å²) in [6, 6.07) is 5.37. The maximum Gasteiger partial charge on any atom is 0.246 e. The Labute approximate surface area is 183 Å². The molecule has 7 nitrogen and oxygen atoms in total. The fraction of sp³-hybridized carbons (Fsp3) is 0.545. The second-order valence-corrected chi connectivity index (χ2v) is 10.3. The Kier molecular flexibility index (Phi) is 7.16. The van der Waals surface area contributed by atoms with Crippen LogP contribution in [0, 0.1) is 25.6 Å². The minimum absolute atomic E-state index is 0.00153. The summed E-state index contributed by atoms with van der Waals surface area (Å²) in [4.78, 5) is 14.1. The molecule has 1 aromatic heterocycles. The standard InChI is InChI=1S/C22H31FN4O3S/c1-16(2)15-27-18(4)19(17(3)24-27)9-10-22(28)25-11-13-26(14-12-25)31(29,30)21-8-6-5-7-20(21)23/h5-8,16H,9-15H2,1-4H3. The molecule has 1 aromatic carbocycles. The highest BCUT2D eigenvalue weighted by Gasteiger charge is 2.31. The average molecular weight is 451 g/mol. The van der Waals surface area contributed by atoms with Crippen molar-refractivity contribution < 1.29 is 17.6 Å². The number of nitrogens with zero attached hydrogens (tertiary/aromatic N) is 4. The molecule has 1 saturated heterocycles. The molecule has 170 valence electrons. The van der Waals surface area contributed by atoms with Crippen LogP contribution in [0.2, 0.25) is 0 Å². The number of aromatic nitrogens is 2. The lowest BCUT2D eigenvalue weighted by atomic mass is 10.1. The predicted octanol–water partition coefficient (Wildman–Crippen LogP) is 2.76. The average Bonchev–Trinajstić information content (AvgIpc) is 2.98. The Morgan fingerprint density at radius 3 is 2.39 bits per heavy atom. The number of carbonyl (C=O) groups excluding carboxylic acids is 1. The maximum atomic E-state index is 14.0. The van der Waals surface area contributed by atoms with Crippen LogP contribution in [-0.2, 0) is 27.8 Å². The highest BCUT2D eigenvalue weighted by atomic mass is 32.2. The van der Waals surface area contributed by atoms with Crippen LogP contribution >= 0.6 is 0 Å². The zero-order chi connectivity index (χ0) is 22.8. The lowest BCUT2D eigenvalue weighted by molar-refractivity contribution is -0.132. The topological polar surface area (TPSA) is 75.5 Å². The molecule has 0 aliphatic carbocycles. The van der Waals surface area contributed by atoms with E-state index >= 15 is 0 Å². The van der Waals surface area contributed by atoms with Gasteiger partial charge >= 0.3 is 0 Å². The summed E-state index contributed by atoms with van der Waals surface area (Å²) in [5.41, 5.74) is 3.15. The first kappa shape index (κ1) is 23.4. The number of amides is 1. The second-order valence-electron chi connectivity index (χ2n) is 8.44. The van der Waals surface area contributed by atoms with Crippen LogP contribution in [0.1, 0.15) is 37.2 Å². The lowest BCUT2D eigenvalue weighted by Gasteiger charge is -2.34. The third kappa shape index (κ3) is 5.15. The van der Waals surface area contributed by atoms with Gasteiger partial charge in [0.2, 0.25) is 15.9 Å². The zero-order valence-corrected chi connectivity index (χ0v) is 19.5. The van der Waals surface area contributed by atoms with E-state index in [0.29, 0.717) is 31.8 Å². The van der Waals surface area contributed by atoms with Crippen LogP contribution in [0.15, 0.2) is 29.2 Å². The van der Waals surface area contributed by atoms with E-state index in [0.717, 1.165) is 29.6 Å². The molecule has 1 amide bonds. The normalized spacial score (nSPS) is 15.6. The summed E-state index contributed by atoms with van der Waals surface area (Å²) in [6.45, 7) is 10.1. The van der Waals surface area contributed by atoms with Crippen LogP contribution in [0.3, 0.4) is 0 Å². The smallest absolute Gasteiger partial charge is 0.246 e. The van der Waals surface area contributed by atoms with Gasteiger partial charge in [0.25, 0.3) is 0 Å². The molecule has 1 aliphatic rings. The summed E-state index contributed by atoms with van der Waals surface area (Å²) in [6.07, 6.45) is 0.970. The second kappa shape index (κ2) is 9.48. The van der Waals surface area contributed by atoms with Crippen LogP contribution in [0.5, 0.6) is 0 Å². The number of piperazine rings is 1. The van der Waals surface area contributed by atoms with Crippen LogP contribution in [0.4, 0.5) is 4.39 Å². The van der Waals surface area contributed by atoms with Crippen molar-refractivity contribution in [3.63, 3.8) is 0 Å². The third-order valence-corrected chi connectivity index (χ3v) is 7.64. The van der Waals surface area contributed by atoms with Gasteiger partial charge in [0.05, 0.1) is 5.69 Å².